The van der Waals surface area contributed by atoms with Gasteiger partial charge in [0.25, 0.3) is 0 Å². The van der Waals surface area contributed by atoms with Crippen molar-refractivity contribution < 1.29 is 14.3 Å². The Bertz CT molecular complexity index is 551. The summed E-state index contributed by atoms with van der Waals surface area (Å²) in [5.41, 5.74) is 0.754. The van der Waals surface area contributed by atoms with Crippen molar-refractivity contribution in [3.05, 3.63) is 0 Å². The molecule has 1 saturated heterocycles. The predicted molar refractivity (Wildman–Crippen MR) is 122 cm³/mol. The summed E-state index contributed by atoms with van der Waals surface area (Å²) in [6.07, 6.45) is 10.7. The number of carbonyl (C=O) groups is 1. The normalized spacial score (nSPS) is 42.2. The van der Waals surface area contributed by atoms with E-state index in [1.807, 2.05) is 0 Å². The number of amides is 1. The molecule has 4 unspecified atom stereocenters. The van der Waals surface area contributed by atoms with Crippen LogP contribution in [-0.2, 0) is 14.3 Å². The molecule has 4 aliphatic rings. The summed E-state index contributed by atoms with van der Waals surface area (Å²) in [6.45, 7) is 7.38. The van der Waals surface area contributed by atoms with E-state index in [-0.39, 0.29) is 24.2 Å². The summed E-state index contributed by atoms with van der Waals surface area (Å²) < 4.78 is 12.0. The monoisotopic (exact) mass is 441 g/mol. The molecule has 3 aliphatic carbocycles. The molecule has 4 rings (SSSR count). The molecule has 4 nitrogen and oxygen atoms in total. The minimum Gasteiger partial charge on any atom is -0.372 e. The first-order chi connectivity index (χ1) is 14.1. The van der Waals surface area contributed by atoms with Crippen LogP contribution in [0.5, 0.6) is 0 Å². The number of ether oxygens (including phenoxy) is 2. The van der Waals surface area contributed by atoms with Crippen molar-refractivity contribution in [2.24, 2.45) is 29.1 Å². The molecule has 0 aromatic heterocycles. The third kappa shape index (κ3) is 4.65. The van der Waals surface area contributed by atoms with Crippen LogP contribution in [0.25, 0.3) is 0 Å². The minimum absolute atomic E-state index is 0.201. The van der Waals surface area contributed by atoms with Gasteiger partial charge in [0.05, 0.1) is 18.3 Å². The van der Waals surface area contributed by atoms with Gasteiger partial charge in [-0.1, -0.05) is 48.3 Å². The van der Waals surface area contributed by atoms with E-state index >= 15 is 0 Å². The first kappa shape index (κ1) is 22.3. The number of rotatable bonds is 12. The zero-order chi connectivity index (χ0) is 20.4. The lowest BCUT2D eigenvalue weighted by Crippen LogP contribution is -2.28. The van der Waals surface area contributed by atoms with E-state index in [4.69, 9.17) is 9.47 Å². The lowest BCUT2D eigenvalue weighted by atomic mass is 9.91. The molecule has 1 heterocycles. The van der Waals surface area contributed by atoms with Crippen molar-refractivity contribution in [3.8, 4) is 0 Å². The minimum atomic E-state index is 0.201. The number of carbonyl (C=O) groups excluding carboxylic acids is 1. The van der Waals surface area contributed by atoms with Crippen molar-refractivity contribution in [1.29, 1.82) is 0 Å². The Morgan fingerprint density at radius 2 is 1.97 bits per heavy atom. The fraction of sp³-hybridized carbons (Fsp3) is 0.957. The van der Waals surface area contributed by atoms with Crippen LogP contribution in [0, 0.1) is 29.1 Å². The smallest absolute Gasteiger partial charge is 0.220 e. The zero-order valence-electron chi connectivity index (χ0n) is 18.4. The highest BCUT2D eigenvalue weighted by Crippen LogP contribution is 2.89. The summed E-state index contributed by atoms with van der Waals surface area (Å²) in [5, 5.41) is 3.13. The quantitative estimate of drug-likeness (QED) is 0.254. The lowest BCUT2D eigenvalue weighted by molar-refractivity contribution is -0.120. The summed E-state index contributed by atoms with van der Waals surface area (Å²) in [6, 6.07) is 0. The number of hydrogen-bond donors (Lipinski definition) is 1. The molecule has 29 heavy (non-hydrogen) atoms. The molecule has 1 aliphatic heterocycles. The SMILES string of the molecule is CC[C@H]1O[C@@H](C)C(C)C1OCSSCCC(=O)NCCCC12C3CCCCC1C32. The summed E-state index contributed by atoms with van der Waals surface area (Å²) >= 11 is 0. The molecule has 0 bridgehead atoms. The highest BCUT2D eigenvalue weighted by atomic mass is 33.1. The van der Waals surface area contributed by atoms with E-state index in [2.05, 4.69) is 26.1 Å². The molecule has 0 aromatic carbocycles. The van der Waals surface area contributed by atoms with Crippen LogP contribution in [0.3, 0.4) is 0 Å². The summed E-state index contributed by atoms with van der Waals surface area (Å²) in [4.78, 5) is 12.1. The van der Waals surface area contributed by atoms with Crippen LogP contribution < -0.4 is 5.32 Å². The average Bonchev–Trinajstić information content (AvgIpc) is 3.56. The van der Waals surface area contributed by atoms with Crippen molar-refractivity contribution >= 4 is 27.5 Å². The Balaban J connectivity index is 0.994. The van der Waals surface area contributed by atoms with Crippen molar-refractivity contribution in [2.45, 2.75) is 90.4 Å². The Hall–Kier alpha value is 0.0900. The van der Waals surface area contributed by atoms with Gasteiger partial charge in [0.2, 0.25) is 5.91 Å². The van der Waals surface area contributed by atoms with Crippen LogP contribution in [0.15, 0.2) is 0 Å². The largest absolute Gasteiger partial charge is 0.372 e. The van der Waals surface area contributed by atoms with Crippen LogP contribution in [0.4, 0.5) is 0 Å². The maximum atomic E-state index is 12.1. The van der Waals surface area contributed by atoms with Gasteiger partial charge < -0.3 is 14.8 Å². The van der Waals surface area contributed by atoms with Gasteiger partial charge in [0.1, 0.15) is 5.94 Å². The third-order valence-electron chi connectivity index (χ3n) is 8.26. The first-order valence-corrected chi connectivity index (χ1v) is 14.4. The van der Waals surface area contributed by atoms with Gasteiger partial charge in [0.15, 0.2) is 0 Å². The number of nitrogens with one attached hydrogen (secondary N) is 1. The summed E-state index contributed by atoms with van der Waals surface area (Å²) in [7, 11) is 3.45. The topological polar surface area (TPSA) is 47.6 Å². The van der Waals surface area contributed by atoms with Gasteiger partial charge in [-0.25, -0.2) is 0 Å². The van der Waals surface area contributed by atoms with Gasteiger partial charge in [-0.05, 0) is 62.2 Å². The van der Waals surface area contributed by atoms with Crippen LogP contribution >= 0.6 is 21.6 Å². The van der Waals surface area contributed by atoms with E-state index < -0.39 is 0 Å². The Kier molecular flexibility index (Phi) is 7.46. The van der Waals surface area contributed by atoms with E-state index in [0.29, 0.717) is 18.3 Å². The zero-order valence-corrected chi connectivity index (χ0v) is 20.0. The second-order valence-corrected chi connectivity index (χ2v) is 12.2. The van der Waals surface area contributed by atoms with Crippen LogP contribution in [-0.4, -0.2) is 42.5 Å². The predicted octanol–water partition coefficient (Wildman–Crippen LogP) is 5.27. The molecule has 0 spiro atoms. The van der Waals surface area contributed by atoms with Gasteiger partial charge in [0, 0.05) is 24.6 Å². The highest BCUT2D eigenvalue weighted by molar-refractivity contribution is 8.76. The summed E-state index contributed by atoms with van der Waals surface area (Å²) in [5.74, 6) is 5.38. The van der Waals surface area contributed by atoms with E-state index in [1.54, 1.807) is 21.6 Å². The van der Waals surface area contributed by atoms with Gasteiger partial charge in [-0.15, -0.1) is 0 Å². The van der Waals surface area contributed by atoms with Gasteiger partial charge >= 0.3 is 0 Å². The highest BCUT2D eigenvalue weighted by Gasteiger charge is 2.84. The molecule has 166 valence electrons. The van der Waals surface area contributed by atoms with Crippen LogP contribution in [0.2, 0.25) is 0 Å². The standard InChI is InChI=1S/C23H39NO3S2/c1-4-19-22(15(2)16(3)27-19)26-14-29-28-13-10-20(25)24-12-7-11-23-17-8-5-6-9-18(23)21(17)23/h15-19,21-22H,4-14H2,1-3H3,(H,24,25)/t15?,16-,17?,18?,19+,21?,22?,23?/m0/s1. The van der Waals surface area contributed by atoms with Gasteiger partial charge in [-0.3, -0.25) is 4.79 Å². The maximum Gasteiger partial charge on any atom is 0.220 e. The second kappa shape index (κ2) is 9.70. The first-order valence-electron chi connectivity index (χ1n) is 11.9. The molecule has 3 saturated carbocycles. The lowest BCUT2D eigenvalue weighted by Gasteiger charge is -2.20. The fourth-order valence-electron chi connectivity index (χ4n) is 6.46. The van der Waals surface area contributed by atoms with Gasteiger partial charge in [-0.2, -0.15) is 0 Å². The molecule has 6 atom stereocenters. The molecular formula is C23H39NO3S2. The van der Waals surface area contributed by atoms with E-state index in [0.717, 1.165) is 41.9 Å². The second-order valence-electron chi connectivity index (χ2n) is 9.68. The maximum absolute atomic E-state index is 12.1. The Morgan fingerprint density at radius 3 is 2.69 bits per heavy atom. The fourth-order valence-corrected chi connectivity index (χ4v) is 8.10. The molecule has 6 heteroatoms. The number of hydrogen-bond acceptors (Lipinski definition) is 5. The number of fused-ring (bicyclic) bond motifs is 2. The van der Waals surface area contributed by atoms with E-state index in [1.165, 1.54) is 38.5 Å². The van der Waals surface area contributed by atoms with Crippen molar-refractivity contribution in [3.63, 3.8) is 0 Å². The Morgan fingerprint density at radius 1 is 1.21 bits per heavy atom. The van der Waals surface area contributed by atoms with Crippen molar-refractivity contribution in [1.82, 2.24) is 5.32 Å². The molecule has 0 aromatic rings. The van der Waals surface area contributed by atoms with Crippen molar-refractivity contribution in [2.75, 3.05) is 18.2 Å². The van der Waals surface area contributed by atoms with E-state index in [9.17, 15) is 4.79 Å². The molecule has 4 fully saturated rings. The molecular weight excluding hydrogens is 402 g/mol. The molecule has 1 amide bonds. The Labute approximate surface area is 184 Å². The molecule has 0 radical (unpaired) electrons. The van der Waals surface area contributed by atoms with Crippen LogP contribution in [0.1, 0.15) is 72.1 Å². The molecule has 1 N–H and O–H groups in total. The average molecular weight is 442 g/mol. The third-order valence-corrected chi connectivity index (χ3v) is 10.3.